The van der Waals surface area contributed by atoms with E-state index in [1.165, 1.54) is 0 Å². The zero-order valence-corrected chi connectivity index (χ0v) is 21.1. The lowest BCUT2D eigenvalue weighted by molar-refractivity contribution is -0.134. The number of carbonyl (C=O) groups is 2. The molecule has 1 aromatic heterocycles. The van der Waals surface area contributed by atoms with E-state index in [0.29, 0.717) is 42.0 Å². The Morgan fingerprint density at radius 1 is 1.03 bits per heavy atom. The van der Waals surface area contributed by atoms with Gasteiger partial charge in [0.25, 0.3) is 0 Å². The predicted octanol–water partition coefficient (Wildman–Crippen LogP) is 4.15. The lowest BCUT2D eigenvalue weighted by Gasteiger charge is -2.21. The molecule has 0 unspecified atom stereocenters. The molecule has 0 bridgehead atoms. The highest BCUT2D eigenvalue weighted by Crippen LogP contribution is 2.32. The van der Waals surface area contributed by atoms with E-state index in [2.05, 4.69) is 5.32 Å². The van der Waals surface area contributed by atoms with Crippen LogP contribution in [0.4, 0.5) is 5.95 Å². The van der Waals surface area contributed by atoms with Gasteiger partial charge in [0.2, 0.25) is 17.8 Å². The van der Waals surface area contributed by atoms with E-state index in [0.717, 1.165) is 29.8 Å². The lowest BCUT2D eigenvalue weighted by atomic mass is 10.1. The summed E-state index contributed by atoms with van der Waals surface area (Å²) >= 11 is 0. The normalized spacial score (nSPS) is 12.7. The van der Waals surface area contributed by atoms with Gasteiger partial charge in [-0.1, -0.05) is 6.92 Å². The van der Waals surface area contributed by atoms with Crippen LogP contribution < -0.4 is 19.5 Å². The number of imidazole rings is 1. The standard InChI is InChI=1S/C27H32N4O5/c1-5-26(33)30(15-18-6-7-18)17-25(32)29-27-28-22(19-8-11-21(34-2)12-9-19)16-31(27)20-10-13-23(35-3)24(14-20)36-4/h8-14,16,18H,5-7,15,17H2,1-4H3,(H,28,29,32). The van der Waals surface area contributed by atoms with Crippen molar-refractivity contribution in [2.75, 3.05) is 39.7 Å². The zero-order valence-electron chi connectivity index (χ0n) is 21.1. The van der Waals surface area contributed by atoms with Crippen molar-refractivity contribution in [2.24, 2.45) is 5.92 Å². The Morgan fingerprint density at radius 2 is 1.75 bits per heavy atom. The molecule has 9 nitrogen and oxygen atoms in total. The number of nitrogens with zero attached hydrogens (tertiary/aromatic N) is 3. The molecule has 2 amide bonds. The number of rotatable bonds is 11. The van der Waals surface area contributed by atoms with Crippen LogP contribution in [0.15, 0.2) is 48.7 Å². The summed E-state index contributed by atoms with van der Waals surface area (Å²) in [5.41, 5.74) is 2.26. The zero-order chi connectivity index (χ0) is 25.7. The maximum Gasteiger partial charge on any atom is 0.246 e. The minimum absolute atomic E-state index is 0.0141. The van der Waals surface area contributed by atoms with E-state index in [1.807, 2.05) is 49.5 Å². The third-order valence-corrected chi connectivity index (χ3v) is 6.15. The first-order chi connectivity index (χ1) is 17.4. The minimum atomic E-state index is -0.300. The maximum atomic E-state index is 13.1. The van der Waals surface area contributed by atoms with Gasteiger partial charge in [-0.15, -0.1) is 0 Å². The number of hydrogen-bond acceptors (Lipinski definition) is 6. The first-order valence-corrected chi connectivity index (χ1v) is 12.0. The van der Waals surface area contributed by atoms with Gasteiger partial charge in [-0.3, -0.25) is 19.5 Å². The SMILES string of the molecule is CCC(=O)N(CC(=O)Nc1nc(-c2ccc(OC)cc2)cn1-c1ccc(OC)c(OC)c1)CC1CC1. The molecule has 190 valence electrons. The fraction of sp³-hybridized carbons (Fsp3) is 0.370. The van der Waals surface area contributed by atoms with Crippen LogP contribution in [0.3, 0.4) is 0 Å². The van der Waals surface area contributed by atoms with E-state index in [4.69, 9.17) is 19.2 Å². The van der Waals surface area contributed by atoms with Crippen LogP contribution in [0.2, 0.25) is 0 Å². The summed E-state index contributed by atoms with van der Waals surface area (Å²) in [5, 5.41) is 2.91. The minimum Gasteiger partial charge on any atom is -0.497 e. The second-order valence-corrected chi connectivity index (χ2v) is 8.71. The number of benzene rings is 2. The van der Waals surface area contributed by atoms with Crippen LogP contribution in [0.1, 0.15) is 26.2 Å². The quantitative estimate of drug-likeness (QED) is 0.432. The number of ether oxygens (including phenoxy) is 3. The monoisotopic (exact) mass is 492 g/mol. The van der Waals surface area contributed by atoms with Crippen molar-refractivity contribution in [2.45, 2.75) is 26.2 Å². The van der Waals surface area contributed by atoms with Gasteiger partial charge in [0, 0.05) is 30.8 Å². The molecule has 1 heterocycles. The molecule has 1 N–H and O–H groups in total. The van der Waals surface area contributed by atoms with Crippen LogP contribution in [0, 0.1) is 5.92 Å². The van der Waals surface area contributed by atoms with Crippen LogP contribution in [0.5, 0.6) is 17.2 Å². The molecule has 2 aromatic carbocycles. The van der Waals surface area contributed by atoms with Gasteiger partial charge < -0.3 is 19.1 Å². The molecule has 0 radical (unpaired) electrons. The largest absolute Gasteiger partial charge is 0.497 e. The average molecular weight is 493 g/mol. The topological polar surface area (TPSA) is 94.9 Å². The van der Waals surface area contributed by atoms with Crippen molar-refractivity contribution in [1.29, 1.82) is 0 Å². The van der Waals surface area contributed by atoms with Gasteiger partial charge in [0.1, 0.15) is 5.75 Å². The van der Waals surface area contributed by atoms with Gasteiger partial charge >= 0.3 is 0 Å². The molecule has 36 heavy (non-hydrogen) atoms. The van der Waals surface area contributed by atoms with Crippen molar-refractivity contribution in [1.82, 2.24) is 14.5 Å². The van der Waals surface area contributed by atoms with Crippen molar-refractivity contribution in [3.8, 4) is 34.2 Å². The highest BCUT2D eigenvalue weighted by molar-refractivity contribution is 5.94. The number of aromatic nitrogens is 2. The molecule has 1 saturated carbocycles. The number of methoxy groups -OCH3 is 3. The van der Waals surface area contributed by atoms with Crippen molar-refractivity contribution >= 4 is 17.8 Å². The number of hydrogen-bond donors (Lipinski definition) is 1. The predicted molar refractivity (Wildman–Crippen MR) is 137 cm³/mol. The molecule has 0 saturated heterocycles. The summed E-state index contributed by atoms with van der Waals surface area (Å²) in [7, 11) is 4.76. The van der Waals surface area contributed by atoms with Gasteiger partial charge in [-0.2, -0.15) is 0 Å². The number of nitrogens with one attached hydrogen (secondary N) is 1. The molecular formula is C27H32N4O5. The highest BCUT2D eigenvalue weighted by Gasteiger charge is 2.27. The third-order valence-electron chi connectivity index (χ3n) is 6.15. The average Bonchev–Trinajstić information content (AvgIpc) is 3.64. The number of anilines is 1. The van der Waals surface area contributed by atoms with Crippen LogP contribution in [-0.2, 0) is 9.59 Å². The Kier molecular flexibility index (Phi) is 7.77. The van der Waals surface area contributed by atoms with E-state index in [9.17, 15) is 9.59 Å². The molecule has 1 fully saturated rings. The smallest absolute Gasteiger partial charge is 0.246 e. The third kappa shape index (κ3) is 5.79. The van der Waals surface area contributed by atoms with E-state index in [1.54, 1.807) is 36.9 Å². The summed E-state index contributed by atoms with van der Waals surface area (Å²) in [6, 6.07) is 13.0. The summed E-state index contributed by atoms with van der Waals surface area (Å²) in [5.74, 6) is 2.39. The van der Waals surface area contributed by atoms with Crippen LogP contribution >= 0.6 is 0 Å². The summed E-state index contributed by atoms with van der Waals surface area (Å²) < 4.78 is 17.9. The van der Waals surface area contributed by atoms with Crippen molar-refractivity contribution in [3.63, 3.8) is 0 Å². The van der Waals surface area contributed by atoms with E-state index >= 15 is 0 Å². The van der Waals surface area contributed by atoms with Gasteiger partial charge in [0.15, 0.2) is 11.5 Å². The fourth-order valence-electron chi connectivity index (χ4n) is 3.97. The van der Waals surface area contributed by atoms with E-state index in [-0.39, 0.29) is 18.4 Å². The van der Waals surface area contributed by atoms with Crippen molar-refractivity contribution < 1.29 is 23.8 Å². The molecule has 0 spiro atoms. The second-order valence-electron chi connectivity index (χ2n) is 8.71. The Morgan fingerprint density at radius 3 is 2.36 bits per heavy atom. The van der Waals surface area contributed by atoms with Crippen LogP contribution in [0.25, 0.3) is 16.9 Å². The Balaban J connectivity index is 1.66. The van der Waals surface area contributed by atoms with Crippen LogP contribution in [-0.4, -0.2) is 60.7 Å². The summed E-state index contributed by atoms with van der Waals surface area (Å²) in [6.45, 7) is 2.41. The molecule has 4 rings (SSSR count). The Hall–Kier alpha value is -4.01. The molecule has 9 heteroatoms. The first kappa shape index (κ1) is 25.1. The number of amides is 2. The lowest BCUT2D eigenvalue weighted by Crippen LogP contribution is -2.39. The second kappa shape index (κ2) is 11.2. The van der Waals surface area contributed by atoms with Gasteiger partial charge in [-0.25, -0.2) is 4.98 Å². The van der Waals surface area contributed by atoms with E-state index < -0.39 is 0 Å². The molecular weight excluding hydrogens is 460 g/mol. The Bertz CT molecular complexity index is 1220. The molecule has 1 aliphatic carbocycles. The summed E-state index contributed by atoms with van der Waals surface area (Å²) in [4.78, 5) is 31.8. The highest BCUT2D eigenvalue weighted by atomic mass is 16.5. The molecule has 0 atom stereocenters. The van der Waals surface area contributed by atoms with Gasteiger partial charge in [-0.05, 0) is 55.2 Å². The van der Waals surface area contributed by atoms with Gasteiger partial charge in [0.05, 0.1) is 39.3 Å². The summed E-state index contributed by atoms with van der Waals surface area (Å²) in [6.07, 6.45) is 4.41. The first-order valence-electron chi connectivity index (χ1n) is 12.0. The molecule has 1 aliphatic rings. The Labute approximate surface area is 211 Å². The number of carbonyl (C=O) groups excluding carboxylic acids is 2. The molecule has 0 aliphatic heterocycles. The maximum absolute atomic E-state index is 13.1. The fourth-order valence-corrected chi connectivity index (χ4v) is 3.97. The van der Waals surface area contributed by atoms with Crippen molar-refractivity contribution in [3.05, 3.63) is 48.7 Å². The molecule has 3 aromatic rings.